The minimum absolute atomic E-state index is 0.138. The first-order valence-corrected chi connectivity index (χ1v) is 8.30. The van der Waals surface area contributed by atoms with Gasteiger partial charge in [0.25, 0.3) is 0 Å². The van der Waals surface area contributed by atoms with Crippen molar-refractivity contribution >= 4 is 11.3 Å². The highest BCUT2D eigenvalue weighted by Gasteiger charge is 2.42. The van der Waals surface area contributed by atoms with Gasteiger partial charge in [0, 0.05) is 10.3 Å². The molecule has 2 aromatic rings. The second-order valence-electron chi connectivity index (χ2n) is 5.70. The Hall–Kier alpha value is -1.16. The molecule has 1 aliphatic rings. The molecule has 1 fully saturated rings. The summed E-state index contributed by atoms with van der Waals surface area (Å²) in [5.41, 5.74) is 4.69. The van der Waals surface area contributed by atoms with Gasteiger partial charge in [-0.3, -0.25) is 11.3 Å². The third-order valence-corrected chi connectivity index (χ3v) is 5.58. The van der Waals surface area contributed by atoms with Gasteiger partial charge in [0.05, 0.1) is 6.04 Å². The Morgan fingerprint density at radius 1 is 1.00 bits per heavy atom. The molecule has 0 spiro atoms. The number of nitrogens with two attached hydrogens (primary N) is 1. The van der Waals surface area contributed by atoms with Crippen molar-refractivity contribution in [3.05, 3.63) is 58.3 Å². The summed E-state index contributed by atoms with van der Waals surface area (Å²) in [6.45, 7) is 0. The number of thiophene rings is 1. The number of benzene rings is 1. The average molecular weight is 286 g/mol. The van der Waals surface area contributed by atoms with Crippen molar-refractivity contribution < 1.29 is 0 Å². The lowest BCUT2D eigenvalue weighted by Gasteiger charge is -2.43. The lowest BCUT2D eigenvalue weighted by Crippen LogP contribution is -2.45. The van der Waals surface area contributed by atoms with Crippen molar-refractivity contribution in [2.45, 2.75) is 43.6 Å². The second-order valence-corrected chi connectivity index (χ2v) is 6.68. The molecule has 1 atom stereocenters. The van der Waals surface area contributed by atoms with Gasteiger partial charge in [-0.25, -0.2) is 0 Å². The first kappa shape index (κ1) is 13.8. The maximum Gasteiger partial charge on any atom is 0.0649 e. The summed E-state index contributed by atoms with van der Waals surface area (Å²) in [5, 5.41) is 2.14. The van der Waals surface area contributed by atoms with Crippen LogP contribution in [0.2, 0.25) is 0 Å². The topological polar surface area (TPSA) is 38.0 Å². The zero-order valence-corrected chi connectivity index (χ0v) is 12.5. The second kappa shape index (κ2) is 6.08. The number of nitrogens with one attached hydrogen (secondary N) is 1. The van der Waals surface area contributed by atoms with E-state index in [1.54, 1.807) is 11.3 Å². The molecule has 0 aliphatic heterocycles. The van der Waals surface area contributed by atoms with E-state index < -0.39 is 0 Å². The zero-order chi connectivity index (χ0) is 13.8. The van der Waals surface area contributed by atoms with E-state index in [1.807, 2.05) is 0 Å². The fourth-order valence-electron chi connectivity index (χ4n) is 3.67. The third kappa shape index (κ3) is 2.41. The number of rotatable bonds is 4. The highest BCUT2D eigenvalue weighted by atomic mass is 32.1. The van der Waals surface area contributed by atoms with Crippen molar-refractivity contribution in [1.82, 2.24) is 5.43 Å². The van der Waals surface area contributed by atoms with Crippen LogP contribution in [0, 0.1) is 0 Å². The molecule has 1 aromatic heterocycles. The Labute approximate surface area is 125 Å². The predicted octanol–water partition coefficient (Wildman–Crippen LogP) is 4.15. The minimum atomic E-state index is 0.138. The fraction of sp³-hybridized carbons (Fsp3) is 0.412. The Bertz CT molecular complexity index is 515. The molecule has 106 valence electrons. The summed E-state index contributed by atoms with van der Waals surface area (Å²) >= 11 is 1.80. The molecule has 3 rings (SSSR count). The lowest BCUT2D eigenvalue weighted by atomic mass is 9.64. The minimum Gasteiger partial charge on any atom is -0.271 e. The average Bonchev–Trinajstić information content (AvgIpc) is 3.04. The van der Waals surface area contributed by atoms with E-state index in [-0.39, 0.29) is 11.5 Å². The van der Waals surface area contributed by atoms with Gasteiger partial charge in [-0.15, -0.1) is 11.3 Å². The lowest BCUT2D eigenvalue weighted by molar-refractivity contribution is 0.217. The third-order valence-electron chi connectivity index (χ3n) is 4.64. The molecule has 1 heterocycles. The van der Waals surface area contributed by atoms with Gasteiger partial charge < -0.3 is 0 Å². The molecular weight excluding hydrogens is 264 g/mol. The van der Waals surface area contributed by atoms with E-state index in [0.717, 1.165) is 0 Å². The molecule has 2 nitrogen and oxygen atoms in total. The molecule has 3 N–H and O–H groups in total. The molecular formula is C17H22N2S. The van der Waals surface area contributed by atoms with E-state index >= 15 is 0 Å². The molecule has 0 saturated heterocycles. The van der Waals surface area contributed by atoms with E-state index in [0.29, 0.717) is 0 Å². The highest BCUT2D eigenvalue weighted by molar-refractivity contribution is 7.10. The molecule has 20 heavy (non-hydrogen) atoms. The van der Waals surface area contributed by atoms with Gasteiger partial charge >= 0.3 is 0 Å². The van der Waals surface area contributed by atoms with Crippen molar-refractivity contribution in [1.29, 1.82) is 0 Å². The molecule has 1 unspecified atom stereocenters. The maximum atomic E-state index is 5.97. The van der Waals surface area contributed by atoms with Crippen LogP contribution >= 0.6 is 11.3 Å². The van der Waals surface area contributed by atoms with E-state index in [1.165, 1.54) is 42.5 Å². The van der Waals surface area contributed by atoms with Crippen molar-refractivity contribution in [2.75, 3.05) is 0 Å². The number of hydrogen-bond acceptors (Lipinski definition) is 3. The largest absolute Gasteiger partial charge is 0.271 e. The summed E-state index contributed by atoms with van der Waals surface area (Å²) in [7, 11) is 0. The fourth-order valence-corrected chi connectivity index (χ4v) is 4.57. The predicted molar refractivity (Wildman–Crippen MR) is 85.6 cm³/mol. The smallest absolute Gasteiger partial charge is 0.0649 e. The van der Waals surface area contributed by atoms with Crippen molar-refractivity contribution in [3.8, 4) is 0 Å². The van der Waals surface area contributed by atoms with Gasteiger partial charge in [-0.05, 0) is 29.9 Å². The summed E-state index contributed by atoms with van der Waals surface area (Å²) < 4.78 is 0. The van der Waals surface area contributed by atoms with E-state index in [9.17, 15) is 0 Å². The number of hydrogen-bond donors (Lipinski definition) is 2. The molecule has 0 amide bonds. The molecule has 3 heteroatoms. The van der Waals surface area contributed by atoms with E-state index in [4.69, 9.17) is 5.84 Å². The van der Waals surface area contributed by atoms with Gasteiger partial charge in [0.2, 0.25) is 0 Å². The normalized spacial score (nSPS) is 19.6. The molecule has 1 aromatic carbocycles. The van der Waals surface area contributed by atoms with Crippen molar-refractivity contribution in [3.63, 3.8) is 0 Å². The molecule has 0 bridgehead atoms. The zero-order valence-electron chi connectivity index (χ0n) is 11.7. The van der Waals surface area contributed by atoms with Crippen LogP contribution in [0.1, 0.15) is 48.6 Å². The first-order chi connectivity index (χ1) is 9.87. The highest BCUT2D eigenvalue weighted by Crippen LogP contribution is 2.48. The maximum absolute atomic E-state index is 5.97. The van der Waals surface area contributed by atoms with Crippen LogP contribution in [-0.2, 0) is 5.41 Å². The van der Waals surface area contributed by atoms with Gasteiger partial charge in [0.1, 0.15) is 0 Å². The van der Waals surface area contributed by atoms with Crippen LogP contribution < -0.4 is 11.3 Å². The quantitative estimate of drug-likeness (QED) is 0.654. The summed E-state index contributed by atoms with van der Waals surface area (Å²) in [4.78, 5) is 1.35. The summed E-state index contributed by atoms with van der Waals surface area (Å²) in [6.07, 6.45) is 6.35. The van der Waals surface area contributed by atoms with Gasteiger partial charge in [0.15, 0.2) is 0 Å². The Morgan fingerprint density at radius 2 is 1.75 bits per heavy atom. The van der Waals surface area contributed by atoms with Crippen LogP contribution in [0.15, 0.2) is 47.8 Å². The summed E-state index contributed by atoms with van der Waals surface area (Å²) in [6, 6.07) is 15.5. The van der Waals surface area contributed by atoms with E-state index in [2.05, 4.69) is 53.3 Å². The SMILES string of the molecule is NNC(c1cccs1)C1(c2ccccc2)CCCCC1. The first-order valence-electron chi connectivity index (χ1n) is 7.42. The van der Waals surface area contributed by atoms with Crippen LogP contribution in [-0.4, -0.2) is 0 Å². The van der Waals surface area contributed by atoms with Crippen LogP contribution in [0.5, 0.6) is 0 Å². The molecule has 0 radical (unpaired) electrons. The van der Waals surface area contributed by atoms with Crippen LogP contribution in [0.25, 0.3) is 0 Å². The standard InChI is InChI=1S/C17H22N2S/c18-19-16(15-10-7-13-20-15)17(11-5-2-6-12-17)14-8-3-1-4-9-14/h1,3-4,7-10,13,16,19H,2,5-6,11-12,18H2. The monoisotopic (exact) mass is 286 g/mol. The Balaban J connectivity index is 2.05. The van der Waals surface area contributed by atoms with Crippen LogP contribution in [0.4, 0.5) is 0 Å². The summed E-state index contributed by atoms with van der Waals surface area (Å²) in [5.74, 6) is 5.97. The van der Waals surface area contributed by atoms with Gasteiger partial charge in [-0.2, -0.15) is 0 Å². The molecule has 1 aliphatic carbocycles. The Morgan fingerprint density at radius 3 is 2.35 bits per heavy atom. The van der Waals surface area contributed by atoms with Crippen molar-refractivity contribution in [2.24, 2.45) is 5.84 Å². The number of hydrazine groups is 1. The molecule has 1 saturated carbocycles. The van der Waals surface area contributed by atoms with Crippen LogP contribution in [0.3, 0.4) is 0 Å². The van der Waals surface area contributed by atoms with Gasteiger partial charge in [-0.1, -0.05) is 55.7 Å². The Kier molecular flexibility index (Phi) is 4.20.